The first-order chi connectivity index (χ1) is 8.47. The van der Waals surface area contributed by atoms with Gasteiger partial charge in [-0.1, -0.05) is 85.0 Å². The van der Waals surface area contributed by atoms with Crippen molar-refractivity contribution in [2.24, 2.45) is 0 Å². The van der Waals surface area contributed by atoms with Crippen molar-refractivity contribution in [3.8, 4) is 0 Å². The Kier molecular flexibility index (Phi) is 4.36. The molecule has 0 N–H and O–H groups in total. The van der Waals surface area contributed by atoms with Gasteiger partial charge < -0.3 is 0 Å². The number of hydrogen-bond acceptors (Lipinski definition) is 0. The number of rotatable bonds is 1. The number of benzene rings is 1. The maximum atomic E-state index is 2.18. The lowest BCUT2D eigenvalue weighted by atomic mass is 10.0. The van der Waals surface area contributed by atoms with E-state index in [0.717, 1.165) is 6.42 Å². The zero-order valence-corrected chi connectivity index (χ0v) is 9.79. The predicted octanol–water partition coefficient (Wildman–Crippen LogP) is 4.70. The van der Waals surface area contributed by atoms with E-state index in [1.807, 2.05) is 24.3 Å². The van der Waals surface area contributed by atoms with Crippen LogP contribution in [0.15, 0.2) is 85.0 Å². The lowest BCUT2D eigenvalue weighted by molar-refractivity contribution is 1.39. The summed E-state index contributed by atoms with van der Waals surface area (Å²) in [5, 5.41) is 0. The molecule has 0 aromatic heterocycles. The van der Waals surface area contributed by atoms with Crippen molar-refractivity contribution in [3.63, 3.8) is 0 Å². The maximum Gasteiger partial charge on any atom is -0.0163 e. The molecule has 0 amide bonds. The van der Waals surface area contributed by atoms with Crippen molar-refractivity contribution in [1.29, 1.82) is 0 Å². The van der Waals surface area contributed by atoms with Crippen molar-refractivity contribution in [2.45, 2.75) is 6.42 Å². The van der Waals surface area contributed by atoms with Gasteiger partial charge in [0.2, 0.25) is 0 Å². The summed E-state index contributed by atoms with van der Waals surface area (Å²) in [7, 11) is 0. The lowest BCUT2D eigenvalue weighted by Crippen LogP contribution is -1.79. The van der Waals surface area contributed by atoms with Gasteiger partial charge in [-0.05, 0) is 17.6 Å². The van der Waals surface area contributed by atoms with Crippen LogP contribution in [0.3, 0.4) is 0 Å². The van der Waals surface area contributed by atoms with Gasteiger partial charge in [-0.15, -0.1) is 0 Å². The van der Waals surface area contributed by atoms with Gasteiger partial charge in [-0.25, -0.2) is 0 Å². The normalized spacial score (nSPS) is 26.0. The Morgan fingerprint density at radius 2 is 1.47 bits per heavy atom. The van der Waals surface area contributed by atoms with Crippen LogP contribution in [-0.4, -0.2) is 0 Å². The molecule has 17 heavy (non-hydrogen) atoms. The van der Waals surface area contributed by atoms with Crippen molar-refractivity contribution in [1.82, 2.24) is 0 Å². The first-order valence-corrected chi connectivity index (χ1v) is 5.89. The molecule has 0 atom stereocenters. The van der Waals surface area contributed by atoms with Crippen LogP contribution >= 0.6 is 0 Å². The van der Waals surface area contributed by atoms with Gasteiger partial charge >= 0.3 is 0 Å². The van der Waals surface area contributed by atoms with Gasteiger partial charge in [0, 0.05) is 0 Å². The standard InChI is InChI=1S/C17H16/c1-2-4-6-9-13-16(12-8-5-3-1)17-14-10-7-11-15-17/h1-5,7-15H,6H2/b3-1-,4-2+,8-5-,13-9-,16-12+. The predicted molar refractivity (Wildman–Crippen MR) is 75.6 cm³/mol. The van der Waals surface area contributed by atoms with E-state index in [1.165, 1.54) is 11.1 Å². The molecule has 0 bridgehead atoms. The Bertz CT molecular complexity index is 482. The second-order valence-corrected chi connectivity index (χ2v) is 3.82. The number of hydrogen-bond donors (Lipinski definition) is 0. The van der Waals surface area contributed by atoms with E-state index in [-0.39, 0.29) is 0 Å². The number of allylic oxidation sites excluding steroid dienone is 10. The minimum absolute atomic E-state index is 0.967. The van der Waals surface area contributed by atoms with Gasteiger partial charge in [-0.2, -0.15) is 0 Å². The van der Waals surface area contributed by atoms with Crippen molar-refractivity contribution in [3.05, 3.63) is 90.6 Å². The van der Waals surface area contributed by atoms with Crippen LogP contribution in [0.4, 0.5) is 0 Å². The van der Waals surface area contributed by atoms with Crippen LogP contribution in [0.25, 0.3) is 5.57 Å². The summed E-state index contributed by atoms with van der Waals surface area (Å²) in [6.45, 7) is 0. The van der Waals surface area contributed by atoms with E-state index < -0.39 is 0 Å². The molecule has 0 saturated heterocycles. The lowest BCUT2D eigenvalue weighted by Gasteiger charge is -2.00. The van der Waals surface area contributed by atoms with E-state index in [0.29, 0.717) is 0 Å². The van der Waals surface area contributed by atoms with E-state index >= 15 is 0 Å². The molecule has 0 spiro atoms. The van der Waals surface area contributed by atoms with E-state index in [1.54, 1.807) is 0 Å². The molecule has 0 unspecified atom stereocenters. The summed E-state index contributed by atoms with van der Waals surface area (Å²) in [6.07, 6.45) is 19.9. The molecule has 0 fully saturated rings. The average molecular weight is 220 g/mol. The highest BCUT2D eigenvalue weighted by atomic mass is 14.0. The Morgan fingerprint density at radius 1 is 0.706 bits per heavy atom. The summed E-state index contributed by atoms with van der Waals surface area (Å²) in [6, 6.07) is 10.4. The monoisotopic (exact) mass is 220 g/mol. The van der Waals surface area contributed by atoms with Crippen LogP contribution in [0.2, 0.25) is 0 Å². The molecular weight excluding hydrogens is 204 g/mol. The minimum atomic E-state index is 0.967. The van der Waals surface area contributed by atoms with Crippen LogP contribution in [0.1, 0.15) is 12.0 Å². The molecule has 1 aromatic carbocycles. The van der Waals surface area contributed by atoms with Gasteiger partial charge in [0.05, 0.1) is 0 Å². The Labute approximate surface area is 103 Å². The van der Waals surface area contributed by atoms with E-state index in [2.05, 4.69) is 60.7 Å². The highest BCUT2D eigenvalue weighted by molar-refractivity contribution is 5.75. The van der Waals surface area contributed by atoms with Crippen molar-refractivity contribution < 1.29 is 0 Å². The van der Waals surface area contributed by atoms with Gasteiger partial charge in [0.1, 0.15) is 0 Å². The quantitative estimate of drug-likeness (QED) is 0.643. The van der Waals surface area contributed by atoms with Crippen LogP contribution in [0, 0.1) is 0 Å². The fraction of sp³-hybridized carbons (Fsp3) is 0.0588. The molecular formula is C17H16. The first kappa shape index (κ1) is 11.4. The third kappa shape index (κ3) is 3.76. The fourth-order valence-corrected chi connectivity index (χ4v) is 1.66. The fourth-order valence-electron chi connectivity index (χ4n) is 1.66. The SMILES string of the molecule is C1=C\C=C\C\C=C/C(c2ccccc2)=C\C=C/1. The highest BCUT2D eigenvalue weighted by Crippen LogP contribution is 2.16. The molecule has 1 aliphatic carbocycles. The van der Waals surface area contributed by atoms with Gasteiger partial charge in [-0.3, -0.25) is 0 Å². The molecule has 0 nitrogen and oxygen atoms in total. The molecule has 0 radical (unpaired) electrons. The van der Waals surface area contributed by atoms with Crippen molar-refractivity contribution >= 4 is 5.57 Å². The molecule has 0 aliphatic heterocycles. The molecule has 1 aliphatic rings. The first-order valence-electron chi connectivity index (χ1n) is 5.89. The van der Waals surface area contributed by atoms with Crippen LogP contribution in [0.5, 0.6) is 0 Å². The Morgan fingerprint density at radius 3 is 2.35 bits per heavy atom. The average Bonchev–Trinajstić information content (AvgIpc) is 2.45. The minimum Gasteiger partial charge on any atom is -0.0807 e. The van der Waals surface area contributed by atoms with Crippen LogP contribution < -0.4 is 0 Å². The highest BCUT2D eigenvalue weighted by Gasteiger charge is 1.94. The third-order valence-corrected chi connectivity index (χ3v) is 2.53. The van der Waals surface area contributed by atoms with Gasteiger partial charge in [0.25, 0.3) is 0 Å². The molecule has 0 heteroatoms. The molecule has 84 valence electrons. The molecule has 1 aromatic rings. The second kappa shape index (κ2) is 6.49. The summed E-state index contributed by atoms with van der Waals surface area (Å²) in [5.74, 6) is 0. The Balaban J connectivity index is 2.30. The van der Waals surface area contributed by atoms with Crippen molar-refractivity contribution in [2.75, 3.05) is 0 Å². The summed E-state index contributed by atoms with van der Waals surface area (Å²) in [5.41, 5.74) is 2.49. The van der Waals surface area contributed by atoms with E-state index in [4.69, 9.17) is 0 Å². The zero-order chi connectivity index (χ0) is 11.8. The Hall–Kier alpha value is -2.08. The third-order valence-electron chi connectivity index (χ3n) is 2.53. The molecule has 0 saturated carbocycles. The summed E-state index contributed by atoms with van der Waals surface area (Å²) < 4.78 is 0. The summed E-state index contributed by atoms with van der Waals surface area (Å²) in [4.78, 5) is 0. The molecule has 2 rings (SSSR count). The van der Waals surface area contributed by atoms with Gasteiger partial charge in [0.15, 0.2) is 0 Å². The largest absolute Gasteiger partial charge is 0.0807 e. The maximum absolute atomic E-state index is 2.18. The van der Waals surface area contributed by atoms with Crippen LogP contribution in [-0.2, 0) is 0 Å². The zero-order valence-electron chi connectivity index (χ0n) is 9.79. The van der Waals surface area contributed by atoms with E-state index in [9.17, 15) is 0 Å². The molecule has 0 heterocycles. The smallest absolute Gasteiger partial charge is 0.0163 e. The summed E-state index contributed by atoms with van der Waals surface area (Å²) >= 11 is 0. The topological polar surface area (TPSA) is 0 Å². The second-order valence-electron chi connectivity index (χ2n) is 3.82.